The van der Waals surface area contributed by atoms with E-state index in [9.17, 15) is 14.4 Å². The summed E-state index contributed by atoms with van der Waals surface area (Å²) in [5, 5.41) is 3.61. The Kier molecular flexibility index (Phi) is 2.54. The first-order chi connectivity index (χ1) is 8.02. The third-order valence-corrected chi connectivity index (χ3v) is 2.42. The number of hydrogen-bond acceptors (Lipinski definition) is 5. The van der Waals surface area contributed by atoms with Crippen molar-refractivity contribution in [3.63, 3.8) is 0 Å². The lowest BCUT2D eigenvalue weighted by Crippen LogP contribution is -2.52. The summed E-state index contributed by atoms with van der Waals surface area (Å²) in [5.74, 6) is 0. The fraction of sp³-hybridized carbons (Fsp3) is 0.333. The Morgan fingerprint density at radius 3 is 2.18 bits per heavy atom. The second-order valence-corrected chi connectivity index (χ2v) is 3.54. The topological polar surface area (TPSA) is 92.0 Å². The standard InChI is InChI=1S/C9H10N4O4/c1-11-7(14)12(2)9(16)13(8(11)15)5-6-3-4-17-10-6/h3-4H,5H2,1-2H3. The van der Waals surface area contributed by atoms with E-state index in [0.717, 1.165) is 13.7 Å². The van der Waals surface area contributed by atoms with E-state index in [4.69, 9.17) is 0 Å². The van der Waals surface area contributed by atoms with Crippen LogP contribution in [0.25, 0.3) is 0 Å². The summed E-state index contributed by atoms with van der Waals surface area (Å²) in [5.41, 5.74) is -1.58. The molecule has 2 heterocycles. The minimum Gasteiger partial charge on any atom is -0.364 e. The first-order valence-electron chi connectivity index (χ1n) is 4.78. The predicted molar refractivity (Wildman–Crippen MR) is 56.8 cm³/mol. The van der Waals surface area contributed by atoms with Gasteiger partial charge in [0.15, 0.2) is 0 Å². The predicted octanol–water partition coefficient (Wildman–Crippen LogP) is -1.72. The van der Waals surface area contributed by atoms with Crippen molar-refractivity contribution in [1.29, 1.82) is 0 Å². The molecule has 90 valence electrons. The van der Waals surface area contributed by atoms with Gasteiger partial charge in [0.1, 0.15) is 12.0 Å². The Morgan fingerprint density at radius 2 is 1.71 bits per heavy atom. The fourth-order valence-electron chi connectivity index (χ4n) is 1.45. The minimum absolute atomic E-state index is 0.0316. The molecule has 0 saturated carbocycles. The van der Waals surface area contributed by atoms with E-state index in [-0.39, 0.29) is 6.54 Å². The van der Waals surface area contributed by atoms with E-state index in [1.807, 2.05) is 0 Å². The van der Waals surface area contributed by atoms with Crippen LogP contribution >= 0.6 is 0 Å². The quantitative estimate of drug-likeness (QED) is 0.620. The van der Waals surface area contributed by atoms with Crippen molar-refractivity contribution >= 4 is 0 Å². The van der Waals surface area contributed by atoms with Gasteiger partial charge in [-0.2, -0.15) is 0 Å². The second kappa shape index (κ2) is 3.89. The van der Waals surface area contributed by atoms with Crippen LogP contribution in [0.3, 0.4) is 0 Å². The van der Waals surface area contributed by atoms with Gasteiger partial charge in [-0.25, -0.2) is 28.1 Å². The molecule has 0 atom stereocenters. The van der Waals surface area contributed by atoms with E-state index in [0.29, 0.717) is 5.69 Å². The highest BCUT2D eigenvalue weighted by atomic mass is 16.5. The second-order valence-electron chi connectivity index (χ2n) is 3.54. The van der Waals surface area contributed by atoms with Crippen LogP contribution in [-0.2, 0) is 20.6 Å². The Morgan fingerprint density at radius 1 is 1.12 bits per heavy atom. The smallest absolute Gasteiger partial charge is 0.336 e. The van der Waals surface area contributed by atoms with Gasteiger partial charge in [0.2, 0.25) is 0 Å². The van der Waals surface area contributed by atoms with E-state index in [1.54, 1.807) is 0 Å². The maximum Gasteiger partial charge on any atom is 0.336 e. The van der Waals surface area contributed by atoms with Crippen molar-refractivity contribution < 1.29 is 4.52 Å². The molecule has 17 heavy (non-hydrogen) atoms. The lowest BCUT2D eigenvalue weighted by atomic mass is 10.4. The highest BCUT2D eigenvalue weighted by Gasteiger charge is 2.11. The zero-order chi connectivity index (χ0) is 12.6. The van der Waals surface area contributed by atoms with Crippen molar-refractivity contribution in [3.05, 3.63) is 49.5 Å². The van der Waals surface area contributed by atoms with Crippen molar-refractivity contribution in [1.82, 2.24) is 18.9 Å². The van der Waals surface area contributed by atoms with E-state index in [2.05, 4.69) is 9.68 Å². The fourth-order valence-corrected chi connectivity index (χ4v) is 1.45. The van der Waals surface area contributed by atoms with Gasteiger partial charge in [-0.1, -0.05) is 5.16 Å². The first kappa shape index (κ1) is 11.1. The van der Waals surface area contributed by atoms with Gasteiger partial charge in [-0.15, -0.1) is 0 Å². The maximum absolute atomic E-state index is 11.7. The molecule has 2 aromatic heterocycles. The molecular weight excluding hydrogens is 228 g/mol. The summed E-state index contributed by atoms with van der Waals surface area (Å²) < 4.78 is 7.25. The third-order valence-electron chi connectivity index (χ3n) is 2.42. The average Bonchev–Trinajstić information content (AvgIpc) is 2.82. The van der Waals surface area contributed by atoms with Gasteiger partial charge in [0.25, 0.3) is 0 Å². The van der Waals surface area contributed by atoms with Gasteiger partial charge >= 0.3 is 17.1 Å². The molecule has 0 spiro atoms. The third kappa shape index (κ3) is 1.73. The first-order valence-corrected chi connectivity index (χ1v) is 4.78. The van der Waals surface area contributed by atoms with Crippen LogP contribution in [0.5, 0.6) is 0 Å². The molecule has 8 nitrogen and oxygen atoms in total. The summed E-state index contributed by atoms with van der Waals surface area (Å²) in [4.78, 5) is 34.9. The molecule has 0 saturated heterocycles. The van der Waals surface area contributed by atoms with Crippen LogP contribution in [-0.4, -0.2) is 18.9 Å². The molecule has 8 heteroatoms. The number of aromatic nitrogens is 4. The highest BCUT2D eigenvalue weighted by molar-refractivity contribution is 4.96. The molecule has 2 aromatic rings. The minimum atomic E-state index is -0.680. The van der Waals surface area contributed by atoms with Crippen molar-refractivity contribution in [2.75, 3.05) is 0 Å². The normalized spacial score (nSPS) is 10.7. The van der Waals surface area contributed by atoms with E-state index >= 15 is 0 Å². The van der Waals surface area contributed by atoms with Crippen molar-refractivity contribution in [2.45, 2.75) is 6.54 Å². The van der Waals surface area contributed by atoms with Crippen LogP contribution in [0.2, 0.25) is 0 Å². The Bertz CT molecular complexity index is 664. The largest absolute Gasteiger partial charge is 0.364 e. The number of hydrogen-bond donors (Lipinski definition) is 0. The van der Waals surface area contributed by atoms with Crippen molar-refractivity contribution in [2.24, 2.45) is 14.1 Å². The number of nitrogens with zero attached hydrogens (tertiary/aromatic N) is 4. The summed E-state index contributed by atoms with van der Waals surface area (Å²) in [7, 11) is 2.62. The lowest BCUT2D eigenvalue weighted by molar-refractivity contribution is 0.406. The number of rotatable bonds is 2. The molecule has 0 aromatic carbocycles. The molecule has 0 bridgehead atoms. The summed E-state index contributed by atoms with van der Waals surface area (Å²) >= 11 is 0. The highest BCUT2D eigenvalue weighted by Crippen LogP contribution is 1.93. The Labute approximate surface area is 94.3 Å². The van der Waals surface area contributed by atoms with Crippen molar-refractivity contribution in [3.8, 4) is 0 Å². The molecule has 0 aliphatic carbocycles. The summed E-state index contributed by atoms with van der Waals surface area (Å²) in [6.45, 7) is -0.0316. The van der Waals surface area contributed by atoms with Gasteiger partial charge in [0, 0.05) is 20.2 Å². The van der Waals surface area contributed by atoms with Crippen LogP contribution in [0.15, 0.2) is 31.2 Å². The lowest BCUT2D eigenvalue weighted by Gasteiger charge is -2.06. The summed E-state index contributed by atoms with van der Waals surface area (Å²) in [6.07, 6.45) is 1.34. The summed E-state index contributed by atoms with van der Waals surface area (Å²) in [6, 6.07) is 1.54. The molecule has 0 radical (unpaired) electrons. The SMILES string of the molecule is Cn1c(=O)n(C)c(=O)n(Cc2ccon2)c1=O. The zero-order valence-corrected chi connectivity index (χ0v) is 9.28. The van der Waals surface area contributed by atoms with Crippen LogP contribution in [0, 0.1) is 0 Å². The molecule has 2 rings (SSSR count). The van der Waals surface area contributed by atoms with Gasteiger partial charge < -0.3 is 4.52 Å². The van der Waals surface area contributed by atoms with E-state index < -0.39 is 17.1 Å². The molecular formula is C9H10N4O4. The van der Waals surface area contributed by atoms with Gasteiger partial charge in [0.05, 0.1) is 6.54 Å². The van der Waals surface area contributed by atoms with Crippen LogP contribution in [0.4, 0.5) is 0 Å². The van der Waals surface area contributed by atoms with Crippen LogP contribution in [0.1, 0.15) is 5.69 Å². The van der Waals surface area contributed by atoms with Crippen LogP contribution < -0.4 is 17.1 Å². The molecule has 0 fully saturated rings. The molecule has 0 N–H and O–H groups in total. The average molecular weight is 238 g/mol. The Hall–Kier alpha value is -2.38. The van der Waals surface area contributed by atoms with E-state index in [1.165, 1.54) is 26.4 Å². The van der Waals surface area contributed by atoms with Gasteiger partial charge in [-0.3, -0.25) is 0 Å². The molecule has 0 aliphatic rings. The monoisotopic (exact) mass is 238 g/mol. The zero-order valence-electron chi connectivity index (χ0n) is 9.28. The maximum atomic E-state index is 11.7. The Balaban J connectivity index is 2.67. The molecule has 0 unspecified atom stereocenters. The van der Waals surface area contributed by atoms with Gasteiger partial charge in [-0.05, 0) is 0 Å². The molecule has 0 amide bonds. The molecule has 0 aliphatic heterocycles.